The van der Waals surface area contributed by atoms with E-state index in [0.29, 0.717) is 0 Å². The first-order chi connectivity index (χ1) is 7.77. The number of carbonyl (C=O) groups is 1. The average Bonchev–Trinajstić information content (AvgIpc) is 3.14. The first-order valence-corrected chi connectivity index (χ1v) is 6.46. The highest BCUT2D eigenvalue weighted by Gasteiger charge is 2.26. The Labute approximate surface area is 97.8 Å². The van der Waals surface area contributed by atoms with Crippen LogP contribution >= 0.6 is 0 Å². The van der Waals surface area contributed by atoms with E-state index < -0.39 is 0 Å². The first kappa shape index (κ1) is 11.9. The van der Waals surface area contributed by atoms with Gasteiger partial charge in [0.2, 0.25) is 5.91 Å². The minimum Gasteiger partial charge on any atom is -0.355 e. The van der Waals surface area contributed by atoms with E-state index in [4.69, 9.17) is 0 Å². The predicted molar refractivity (Wildman–Crippen MR) is 64.3 cm³/mol. The predicted octanol–water partition coefficient (Wildman–Crippen LogP) is 0.196. The summed E-state index contributed by atoms with van der Waals surface area (Å²) in [6, 6.07) is 0.788. The Balaban J connectivity index is 1.59. The summed E-state index contributed by atoms with van der Waals surface area (Å²) in [5, 5.41) is 6.34. The summed E-state index contributed by atoms with van der Waals surface area (Å²) in [5.74, 6) is 0.498. The molecule has 2 aliphatic rings. The van der Waals surface area contributed by atoms with E-state index in [9.17, 15) is 4.79 Å². The Hall–Kier alpha value is -0.610. The van der Waals surface area contributed by atoms with Crippen LogP contribution in [-0.2, 0) is 4.79 Å². The fourth-order valence-electron chi connectivity index (χ4n) is 2.28. The molecule has 1 saturated carbocycles. The molecule has 1 aliphatic heterocycles. The van der Waals surface area contributed by atoms with Gasteiger partial charge in [-0.15, -0.1) is 0 Å². The quantitative estimate of drug-likeness (QED) is 0.702. The Morgan fingerprint density at radius 1 is 1.31 bits per heavy atom. The number of hydrogen-bond donors (Lipinski definition) is 2. The van der Waals surface area contributed by atoms with E-state index in [1.807, 2.05) is 0 Å². The van der Waals surface area contributed by atoms with Crippen LogP contribution < -0.4 is 10.6 Å². The molecule has 0 atom stereocenters. The monoisotopic (exact) mass is 225 g/mol. The third-order valence-electron chi connectivity index (χ3n) is 3.64. The molecule has 0 radical (unpaired) electrons. The zero-order valence-corrected chi connectivity index (χ0v) is 10.2. The number of hydrogen-bond acceptors (Lipinski definition) is 3. The van der Waals surface area contributed by atoms with E-state index >= 15 is 0 Å². The molecule has 2 rings (SSSR count). The molecule has 1 saturated heterocycles. The van der Waals surface area contributed by atoms with E-state index in [1.54, 1.807) is 0 Å². The standard InChI is InChI=1S/C12H23N3O/c1-15(11-2-3-11)9-8-14-12(16)10-4-6-13-7-5-10/h10-11,13H,2-9H2,1H3,(H,14,16). The normalized spacial score (nSPS) is 22.4. The third-order valence-corrected chi connectivity index (χ3v) is 3.64. The van der Waals surface area contributed by atoms with Crippen LogP contribution in [0.3, 0.4) is 0 Å². The molecular formula is C12H23N3O. The van der Waals surface area contributed by atoms with Crippen molar-refractivity contribution in [2.45, 2.75) is 31.7 Å². The minimum absolute atomic E-state index is 0.243. The first-order valence-electron chi connectivity index (χ1n) is 6.46. The molecule has 0 aromatic carbocycles. The second-order valence-electron chi connectivity index (χ2n) is 5.03. The van der Waals surface area contributed by atoms with Crippen molar-refractivity contribution < 1.29 is 4.79 Å². The molecule has 1 amide bonds. The van der Waals surface area contributed by atoms with Crippen molar-refractivity contribution in [1.29, 1.82) is 0 Å². The summed E-state index contributed by atoms with van der Waals surface area (Å²) in [4.78, 5) is 14.2. The van der Waals surface area contributed by atoms with Crippen LogP contribution in [0.4, 0.5) is 0 Å². The fraction of sp³-hybridized carbons (Fsp3) is 0.917. The average molecular weight is 225 g/mol. The van der Waals surface area contributed by atoms with Crippen LogP contribution in [0.15, 0.2) is 0 Å². The number of nitrogens with zero attached hydrogens (tertiary/aromatic N) is 1. The van der Waals surface area contributed by atoms with Crippen molar-refractivity contribution in [3.8, 4) is 0 Å². The van der Waals surface area contributed by atoms with Gasteiger partial charge < -0.3 is 15.5 Å². The molecule has 0 unspecified atom stereocenters. The smallest absolute Gasteiger partial charge is 0.223 e. The second kappa shape index (κ2) is 5.64. The zero-order valence-electron chi connectivity index (χ0n) is 10.2. The van der Waals surface area contributed by atoms with Gasteiger partial charge in [0.15, 0.2) is 0 Å². The molecule has 2 N–H and O–H groups in total. The highest BCUT2D eigenvalue weighted by Crippen LogP contribution is 2.24. The Bertz CT molecular complexity index is 234. The van der Waals surface area contributed by atoms with Gasteiger partial charge in [-0.25, -0.2) is 0 Å². The summed E-state index contributed by atoms with van der Waals surface area (Å²) in [6.45, 7) is 3.76. The van der Waals surface area contributed by atoms with E-state index in [2.05, 4.69) is 22.6 Å². The van der Waals surface area contributed by atoms with E-state index in [1.165, 1.54) is 12.8 Å². The summed E-state index contributed by atoms with van der Waals surface area (Å²) >= 11 is 0. The fourth-order valence-corrected chi connectivity index (χ4v) is 2.28. The second-order valence-corrected chi connectivity index (χ2v) is 5.03. The van der Waals surface area contributed by atoms with Crippen LogP contribution in [-0.4, -0.2) is 50.1 Å². The molecule has 1 aliphatic carbocycles. The van der Waals surface area contributed by atoms with Crippen molar-refractivity contribution in [2.75, 3.05) is 33.2 Å². The molecule has 0 aromatic rings. The van der Waals surface area contributed by atoms with Crippen LogP contribution in [0, 0.1) is 5.92 Å². The van der Waals surface area contributed by atoms with E-state index in [0.717, 1.165) is 45.1 Å². The number of piperidine rings is 1. The number of nitrogens with one attached hydrogen (secondary N) is 2. The van der Waals surface area contributed by atoms with Gasteiger partial charge in [-0.05, 0) is 45.8 Å². The van der Waals surface area contributed by atoms with E-state index in [-0.39, 0.29) is 11.8 Å². The lowest BCUT2D eigenvalue weighted by Gasteiger charge is -2.22. The minimum atomic E-state index is 0.243. The van der Waals surface area contributed by atoms with Crippen molar-refractivity contribution >= 4 is 5.91 Å². The molecule has 16 heavy (non-hydrogen) atoms. The van der Waals surface area contributed by atoms with Crippen LogP contribution in [0.25, 0.3) is 0 Å². The summed E-state index contributed by atoms with van der Waals surface area (Å²) in [5.41, 5.74) is 0. The molecular weight excluding hydrogens is 202 g/mol. The molecule has 4 nitrogen and oxygen atoms in total. The van der Waals surface area contributed by atoms with Gasteiger partial charge in [0, 0.05) is 25.0 Å². The topological polar surface area (TPSA) is 44.4 Å². The Kier molecular flexibility index (Phi) is 4.18. The lowest BCUT2D eigenvalue weighted by Crippen LogP contribution is -2.41. The highest BCUT2D eigenvalue weighted by atomic mass is 16.1. The van der Waals surface area contributed by atoms with Gasteiger partial charge in [0.25, 0.3) is 0 Å². The molecule has 0 spiro atoms. The van der Waals surface area contributed by atoms with Gasteiger partial charge in [0.1, 0.15) is 0 Å². The molecule has 1 heterocycles. The molecule has 4 heteroatoms. The third kappa shape index (κ3) is 3.46. The van der Waals surface area contributed by atoms with Crippen LogP contribution in [0.2, 0.25) is 0 Å². The molecule has 2 fully saturated rings. The summed E-state index contributed by atoms with van der Waals surface area (Å²) in [7, 11) is 2.15. The molecule has 0 aromatic heterocycles. The van der Waals surface area contributed by atoms with Gasteiger partial charge in [-0.3, -0.25) is 4.79 Å². The maximum atomic E-state index is 11.8. The zero-order chi connectivity index (χ0) is 11.4. The Morgan fingerprint density at radius 3 is 2.62 bits per heavy atom. The molecule has 0 bridgehead atoms. The van der Waals surface area contributed by atoms with Crippen LogP contribution in [0.1, 0.15) is 25.7 Å². The van der Waals surface area contributed by atoms with Gasteiger partial charge in [-0.2, -0.15) is 0 Å². The lowest BCUT2D eigenvalue weighted by molar-refractivity contribution is -0.125. The van der Waals surface area contributed by atoms with Crippen molar-refractivity contribution in [1.82, 2.24) is 15.5 Å². The van der Waals surface area contributed by atoms with Crippen molar-refractivity contribution in [3.05, 3.63) is 0 Å². The van der Waals surface area contributed by atoms with Crippen LogP contribution in [0.5, 0.6) is 0 Å². The number of carbonyl (C=O) groups excluding carboxylic acids is 1. The summed E-state index contributed by atoms with van der Waals surface area (Å²) in [6.07, 6.45) is 4.64. The largest absolute Gasteiger partial charge is 0.355 e. The number of amides is 1. The highest BCUT2D eigenvalue weighted by molar-refractivity contribution is 5.78. The van der Waals surface area contributed by atoms with Gasteiger partial charge in [0.05, 0.1) is 0 Å². The number of likely N-dealkylation sites (N-methyl/N-ethyl adjacent to an activating group) is 1. The van der Waals surface area contributed by atoms with Gasteiger partial charge in [-0.1, -0.05) is 0 Å². The Morgan fingerprint density at radius 2 is 2.00 bits per heavy atom. The maximum Gasteiger partial charge on any atom is 0.223 e. The lowest BCUT2D eigenvalue weighted by atomic mass is 9.97. The van der Waals surface area contributed by atoms with Gasteiger partial charge >= 0.3 is 0 Å². The number of rotatable bonds is 5. The maximum absolute atomic E-state index is 11.8. The SMILES string of the molecule is CN(CCNC(=O)C1CCNCC1)C1CC1. The summed E-state index contributed by atoms with van der Waals surface area (Å²) < 4.78 is 0. The molecule has 92 valence electrons. The van der Waals surface area contributed by atoms with Crippen molar-refractivity contribution in [3.63, 3.8) is 0 Å². The van der Waals surface area contributed by atoms with Crippen molar-refractivity contribution in [2.24, 2.45) is 5.92 Å².